The molecular weight excluding hydrogens is 394 g/mol. The van der Waals surface area contributed by atoms with E-state index in [9.17, 15) is 5.11 Å². The molecule has 6 heteroatoms. The van der Waals surface area contributed by atoms with Gasteiger partial charge in [0.15, 0.2) is 0 Å². The van der Waals surface area contributed by atoms with E-state index in [0.29, 0.717) is 42.2 Å². The standard InChI is InChI=1S/C25H41NO5/c1-6-26-12-23(13-27)8-7-19(29-3)25-15-9-14-17(28-2)11-24(31-5,20(15)21(14)30-4)16(22(25)26)10-18(23)25/h14-22,27H,6-13H2,1-5H3/t14-,15+,16-,17-,18+,19-,20+,21-,22+,23-,24-,25+/m0/s1. The summed E-state index contributed by atoms with van der Waals surface area (Å²) in [4.78, 5) is 2.72. The molecule has 6 rings (SSSR count). The SMILES string of the molecule is CCN1C[C@]2(CO)CC[C@H](OC)[C@@]34[C@@H]5C[C@@H]6[C@H](OC)[C@@H]5[C@](OC)(C[C@@H]6OC)[C@@H](C[C@H]23)[C@@H]14. The number of fused-ring (bicyclic) bond motifs is 2. The van der Waals surface area contributed by atoms with Crippen LogP contribution in [0.2, 0.25) is 0 Å². The smallest absolute Gasteiger partial charge is 0.0802 e. The normalized spacial score (nSPS) is 59.2. The zero-order valence-electron chi connectivity index (χ0n) is 19.9. The van der Waals surface area contributed by atoms with Crippen molar-refractivity contribution in [2.45, 2.75) is 69.0 Å². The predicted molar refractivity (Wildman–Crippen MR) is 116 cm³/mol. The highest BCUT2D eigenvalue weighted by molar-refractivity contribution is 5.33. The number of aliphatic hydroxyl groups excluding tert-OH is 1. The first-order valence-corrected chi connectivity index (χ1v) is 12.5. The fraction of sp³-hybridized carbons (Fsp3) is 1.00. The van der Waals surface area contributed by atoms with Crippen LogP contribution in [-0.2, 0) is 18.9 Å². The molecule has 0 unspecified atom stereocenters. The van der Waals surface area contributed by atoms with Gasteiger partial charge in [0.25, 0.3) is 0 Å². The molecule has 1 aliphatic heterocycles. The first kappa shape index (κ1) is 21.3. The molecule has 176 valence electrons. The van der Waals surface area contributed by atoms with Crippen LogP contribution in [0.3, 0.4) is 0 Å². The van der Waals surface area contributed by atoms with E-state index in [4.69, 9.17) is 18.9 Å². The minimum atomic E-state index is -0.219. The first-order chi connectivity index (χ1) is 15.0. The summed E-state index contributed by atoms with van der Waals surface area (Å²) in [6, 6.07) is 0.459. The Kier molecular flexibility index (Phi) is 4.74. The summed E-state index contributed by atoms with van der Waals surface area (Å²) in [6.07, 6.45) is 5.98. The van der Waals surface area contributed by atoms with Gasteiger partial charge in [-0.25, -0.2) is 0 Å². The van der Waals surface area contributed by atoms with Crippen molar-refractivity contribution < 1.29 is 24.1 Å². The Balaban J connectivity index is 1.61. The average molecular weight is 436 g/mol. The zero-order chi connectivity index (χ0) is 21.8. The van der Waals surface area contributed by atoms with E-state index in [1.54, 1.807) is 0 Å². The molecule has 0 aromatic heterocycles. The number of nitrogens with zero attached hydrogens (tertiary/aromatic N) is 1. The summed E-state index contributed by atoms with van der Waals surface area (Å²) in [6.45, 7) is 4.63. The third kappa shape index (κ3) is 2.13. The lowest BCUT2D eigenvalue weighted by Crippen LogP contribution is -2.76. The number of rotatable bonds is 6. The zero-order valence-corrected chi connectivity index (χ0v) is 19.9. The molecule has 6 fully saturated rings. The van der Waals surface area contributed by atoms with E-state index in [1.807, 2.05) is 28.4 Å². The van der Waals surface area contributed by atoms with Gasteiger partial charge in [0, 0.05) is 76.0 Å². The van der Waals surface area contributed by atoms with Gasteiger partial charge < -0.3 is 24.1 Å². The van der Waals surface area contributed by atoms with Crippen LogP contribution in [-0.4, -0.2) is 88.1 Å². The molecule has 5 aliphatic carbocycles. The molecule has 1 spiro atoms. The molecule has 6 aliphatic rings. The molecular formula is C25H41NO5. The molecule has 12 atom stereocenters. The van der Waals surface area contributed by atoms with Crippen LogP contribution in [0, 0.1) is 40.4 Å². The summed E-state index contributed by atoms with van der Waals surface area (Å²) in [5, 5.41) is 10.8. The van der Waals surface area contributed by atoms with Crippen molar-refractivity contribution >= 4 is 0 Å². The van der Waals surface area contributed by atoms with Crippen LogP contribution in [0.5, 0.6) is 0 Å². The van der Waals surface area contributed by atoms with E-state index >= 15 is 0 Å². The average Bonchev–Trinajstić information content (AvgIpc) is 3.25. The number of methoxy groups -OCH3 is 4. The van der Waals surface area contributed by atoms with Crippen LogP contribution in [0.4, 0.5) is 0 Å². The molecule has 6 nitrogen and oxygen atoms in total. The lowest BCUT2D eigenvalue weighted by atomic mass is 9.43. The molecule has 0 aromatic carbocycles. The van der Waals surface area contributed by atoms with Gasteiger partial charge >= 0.3 is 0 Å². The van der Waals surface area contributed by atoms with Crippen molar-refractivity contribution in [3.05, 3.63) is 0 Å². The fourth-order valence-electron chi connectivity index (χ4n) is 11.0. The maximum absolute atomic E-state index is 10.8. The third-order valence-corrected chi connectivity index (χ3v) is 11.6. The summed E-state index contributed by atoms with van der Waals surface area (Å²) in [5.41, 5.74) is -0.149. The van der Waals surface area contributed by atoms with E-state index in [1.165, 1.54) is 0 Å². The number of hydrogen-bond donors (Lipinski definition) is 1. The molecule has 0 amide bonds. The van der Waals surface area contributed by atoms with E-state index in [0.717, 1.165) is 45.2 Å². The Morgan fingerprint density at radius 1 is 1.03 bits per heavy atom. The summed E-state index contributed by atoms with van der Waals surface area (Å²) < 4.78 is 25.4. The molecule has 1 heterocycles. The van der Waals surface area contributed by atoms with E-state index < -0.39 is 0 Å². The van der Waals surface area contributed by atoms with Gasteiger partial charge in [-0.2, -0.15) is 0 Å². The second-order valence-electron chi connectivity index (χ2n) is 11.6. The van der Waals surface area contributed by atoms with E-state index in [-0.39, 0.29) is 34.7 Å². The number of hydrogen-bond acceptors (Lipinski definition) is 6. The summed E-state index contributed by atoms with van der Waals surface area (Å²) in [5.74, 6) is 2.22. The van der Waals surface area contributed by atoms with Crippen molar-refractivity contribution in [2.24, 2.45) is 40.4 Å². The molecule has 31 heavy (non-hydrogen) atoms. The maximum Gasteiger partial charge on any atom is 0.0802 e. The van der Waals surface area contributed by atoms with Crippen molar-refractivity contribution in [1.82, 2.24) is 4.90 Å². The summed E-state index contributed by atoms with van der Waals surface area (Å²) in [7, 11) is 7.62. The second-order valence-corrected chi connectivity index (χ2v) is 11.6. The Morgan fingerprint density at radius 3 is 2.45 bits per heavy atom. The van der Waals surface area contributed by atoms with Gasteiger partial charge in [-0.3, -0.25) is 4.90 Å². The monoisotopic (exact) mass is 435 g/mol. The lowest BCUT2D eigenvalue weighted by molar-refractivity contribution is -0.282. The Hall–Kier alpha value is -0.240. The molecule has 1 saturated heterocycles. The van der Waals surface area contributed by atoms with Gasteiger partial charge in [-0.1, -0.05) is 6.92 Å². The number of ether oxygens (including phenoxy) is 4. The maximum atomic E-state index is 10.8. The van der Waals surface area contributed by atoms with Gasteiger partial charge in [-0.15, -0.1) is 0 Å². The van der Waals surface area contributed by atoms with Crippen LogP contribution in [0.15, 0.2) is 0 Å². The fourth-order valence-corrected chi connectivity index (χ4v) is 11.0. The molecule has 0 radical (unpaired) electrons. The number of piperidine rings is 1. The van der Waals surface area contributed by atoms with Crippen molar-refractivity contribution in [1.29, 1.82) is 0 Å². The Morgan fingerprint density at radius 2 is 1.84 bits per heavy atom. The van der Waals surface area contributed by atoms with Crippen LogP contribution in [0.25, 0.3) is 0 Å². The minimum Gasteiger partial charge on any atom is -0.396 e. The topological polar surface area (TPSA) is 60.4 Å². The first-order valence-electron chi connectivity index (χ1n) is 12.5. The second kappa shape index (κ2) is 6.89. The highest BCUT2D eigenvalue weighted by atomic mass is 16.5. The van der Waals surface area contributed by atoms with Gasteiger partial charge in [-0.05, 0) is 44.1 Å². The van der Waals surface area contributed by atoms with Crippen LogP contribution in [0.1, 0.15) is 39.0 Å². The van der Waals surface area contributed by atoms with Crippen LogP contribution < -0.4 is 0 Å². The van der Waals surface area contributed by atoms with Gasteiger partial charge in [0.05, 0.1) is 30.5 Å². The van der Waals surface area contributed by atoms with Crippen molar-refractivity contribution in [3.8, 4) is 0 Å². The Bertz CT molecular complexity index is 735. The van der Waals surface area contributed by atoms with E-state index in [2.05, 4.69) is 11.8 Å². The quantitative estimate of drug-likeness (QED) is 0.690. The minimum absolute atomic E-state index is 0.00876. The molecule has 7 bridgehead atoms. The summed E-state index contributed by atoms with van der Waals surface area (Å²) >= 11 is 0. The predicted octanol–water partition coefficient (Wildman–Crippen LogP) is 2.19. The third-order valence-electron chi connectivity index (χ3n) is 11.6. The molecule has 1 N–H and O–H groups in total. The Labute approximate surface area is 186 Å². The molecule has 5 saturated carbocycles. The number of likely N-dealkylation sites (tertiary alicyclic amines) is 1. The van der Waals surface area contributed by atoms with Crippen LogP contribution >= 0.6 is 0 Å². The highest BCUT2D eigenvalue weighted by Gasteiger charge is 2.84. The molecule has 0 aromatic rings. The largest absolute Gasteiger partial charge is 0.396 e. The number of aliphatic hydroxyl groups is 1. The van der Waals surface area contributed by atoms with Crippen molar-refractivity contribution in [2.75, 3.05) is 48.1 Å². The van der Waals surface area contributed by atoms with Gasteiger partial charge in [0.2, 0.25) is 0 Å². The lowest BCUT2D eigenvalue weighted by Gasteiger charge is -2.70. The van der Waals surface area contributed by atoms with Crippen molar-refractivity contribution in [3.63, 3.8) is 0 Å². The van der Waals surface area contributed by atoms with Gasteiger partial charge in [0.1, 0.15) is 0 Å². The highest BCUT2D eigenvalue weighted by Crippen LogP contribution is 2.79.